The molecule has 0 fully saturated rings. The fourth-order valence-electron chi connectivity index (χ4n) is 0.994. The molecule has 0 amide bonds. The van der Waals surface area contributed by atoms with Gasteiger partial charge in [0.05, 0.1) is 0 Å². The smallest absolute Gasteiger partial charge is 0.292 e. The molecule has 0 radical (unpaired) electrons. The van der Waals surface area contributed by atoms with Crippen LogP contribution >= 0.6 is 0 Å². The zero-order chi connectivity index (χ0) is 11.7. The van der Waals surface area contributed by atoms with Gasteiger partial charge < -0.3 is 9.22 Å². The lowest BCUT2D eigenvalue weighted by molar-refractivity contribution is -0.135. The van der Waals surface area contributed by atoms with E-state index in [2.05, 4.69) is 0 Å². The average molecular weight is 228 g/mol. The van der Waals surface area contributed by atoms with Gasteiger partial charge in [0.1, 0.15) is 6.29 Å². The summed E-state index contributed by atoms with van der Waals surface area (Å²) in [5.41, 5.74) is 0. The van der Waals surface area contributed by atoms with Gasteiger partial charge in [0.2, 0.25) is 8.32 Å². The predicted molar refractivity (Wildman–Crippen MR) is 63.1 cm³/mol. The molecule has 0 unspecified atom stereocenters. The molecule has 0 aliphatic carbocycles. The van der Waals surface area contributed by atoms with Crippen molar-refractivity contribution in [1.82, 2.24) is 0 Å². The molecule has 0 spiro atoms. The Morgan fingerprint density at radius 3 is 2.27 bits per heavy atom. The molecular formula is C11H20O3Si. The zero-order valence-electron chi connectivity index (χ0n) is 9.79. The van der Waals surface area contributed by atoms with Crippen LogP contribution in [0.3, 0.4) is 0 Å². The predicted octanol–water partition coefficient (Wildman–Crippen LogP) is 2.68. The summed E-state index contributed by atoms with van der Waals surface area (Å²) in [6.45, 7) is 5.97. The van der Waals surface area contributed by atoms with Gasteiger partial charge >= 0.3 is 0 Å². The van der Waals surface area contributed by atoms with E-state index in [-0.39, 0.29) is 5.97 Å². The van der Waals surface area contributed by atoms with Crippen molar-refractivity contribution >= 4 is 20.6 Å². The van der Waals surface area contributed by atoms with E-state index in [1.165, 1.54) is 0 Å². The summed E-state index contributed by atoms with van der Waals surface area (Å²) in [6.07, 6.45) is 7.18. The SMILES string of the molecule is C[Si](C)(C)OC(=O)CC/C=C/CCC=O. The van der Waals surface area contributed by atoms with Crippen molar-refractivity contribution in [2.24, 2.45) is 0 Å². The van der Waals surface area contributed by atoms with Gasteiger partial charge in [-0.2, -0.15) is 0 Å². The Kier molecular flexibility index (Phi) is 6.95. The number of carbonyl (C=O) groups excluding carboxylic acids is 2. The monoisotopic (exact) mass is 228 g/mol. The third-order valence-corrected chi connectivity index (χ3v) is 2.39. The fourth-order valence-corrected chi connectivity index (χ4v) is 1.78. The first-order valence-electron chi connectivity index (χ1n) is 5.26. The maximum absolute atomic E-state index is 11.3. The van der Waals surface area contributed by atoms with Gasteiger partial charge in [0.15, 0.2) is 0 Å². The molecule has 0 heterocycles. The summed E-state index contributed by atoms with van der Waals surface area (Å²) < 4.78 is 5.28. The Balaban J connectivity index is 3.55. The minimum absolute atomic E-state index is 0.116. The number of hydrogen-bond acceptors (Lipinski definition) is 3. The maximum Gasteiger partial charge on any atom is 0.292 e. The first kappa shape index (κ1) is 14.1. The third kappa shape index (κ3) is 11.0. The van der Waals surface area contributed by atoms with Crippen LogP contribution in [-0.2, 0) is 14.0 Å². The highest BCUT2D eigenvalue weighted by Gasteiger charge is 2.18. The molecule has 3 nitrogen and oxygen atoms in total. The Labute approximate surface area is 92.6 Å². The largest absolute Gasteiger partial charge is 0.520 e. The number of unbranched alkanes of at least 4 members (excludes halogenated alkanes) is 1. The van der Waals surface area contributed by atoms with Gasteiger partial charge in [-0.1, -0.05) is 12.2 Å². The highest BCUT2D eigenvalue weighted by Crippen LogP contribution is 2.06. The maximum atomic E-state index is 11.3. The Morgan fingerprint density at radius 2 is 1.73 bits per heavy atom. The minimum Gasteiger partial charge on any atom is -0.520 e. The summed E-state index contributed by atoms with van der Waals surface area (Å²) in [7, 11) is -1.72. The molecule has 0 aliphatic rings. The van der Waals surface area contributed by atoms with Crippen LogP contribution in [0.25, 0.3) is 0 Å². The molecule has 4 heteroatoms. The summed E-state index contributed by atoms with van der Waals surface area (Å²) in [5, 5.41) is 0. The Morgan fingerprint density at radius 1 is 1.13 bits per heavy atom. The van der Waals surface area contributed by atoms with Gasteiger partial charge in [-0.3, -0.25) is 4.79 Å². The van der Waals surface area contributed by atoms with Crippen LogP contribution in [-0.4, -0.2) is 20.6 Å². The molecule has 0 N–H and O–H groups in total. The van der Waals surface area contributed by atoms with E-state index < -0.39 is 8.32 Å². The average Bonchev–Trinajstić information content (AvgIpc) is 2.08. The molecule has 0 aromatic rings. The van der Waals surface area contributed by atoms with Crippen LogP contribution in [0, 0.1) is 0 Å². The first-order chi connectivity index (χ1) is 6.95. The first-order valence-corrected chi connectivity index (χ1v) is 8.67. The highest BCUT2D eigenvalue weighted by atomic mass is 28.4. The summed E-state index contributed by atoms with van der Waals surface area (Å²) in [5.74, 6) is -0.116. The molecule has 86 valence electrons. The van der Waals surface area contributed by atoms with Crippen LogP contribution in [0.15, 0.2) is 12.2 Å². The van der Waals surface area contributed by atoms with E-state index in [1.54, 1.807) is 0 Å². The second kappa shape index (κ2) is 7.40. The molecule has 0 aliphatic heterocycles. The standard InChI is InChI=1S/C11H20O3Si/c1-15(2,3)14-11(13)9-7-5-4-6-8-10-12/h4-5,10H,6-9H2,1-3H3/b5-4+. The highest BCUT2D eigenvalue weighted by molar-refractivity contribution is 6.71. The van der Waals surface area contributed by atoms with Gasteiger partial charge in [0, 0.05) is 12.8 Å². The fraction of sp³-hybridized carbons (Fsp3) is 0.636. The van der Waals surface area contributed by atoms with Gasteiger partial charge in [-0.25, -0.2) is 0 Å². The van der Waals surface area contributed by atoms with Crippen LogP contribution < -0.4 is 0 Å². The van der Waals surface area contributed by atoms with Gasteiger partial charge in [0.25, 0.3) is 5.97 Å². The van der Waals surface area contributed by atoms with Gasteiger partial charge in [-0.05, 0) is 32.5 Å². The molecule has 0 saturated carbocycles. The molecule has 15 heavy (non-hydrogen) atoms. The molecule has 0 saturated heterocycles. The van der Waals surface area contributed by atoms with E-state index in [4.69, 9.17) is 4.43 Å². The minimum atomic E-state index is -1.72. The summed E-state index contributed by atoms with van der Waals surface area (Å²) >= 11 is 0. The van der Waals surface area contributed by atoms with Crippen LogP contribution in [0.4, 0.5) is 0 Å². The van der Waals surface area contributed by atoms with E-state index >= 15 is 0 Å². The number of carbonyl (C=O) groups is 2. The lowest BCUT2D eigenvalue weighted by Gasteiger charge is -2.16. The molecule has 0 bridgehead atoms. The van der Waals surface area contributed by atoms with Crippen LogP contribution in [0.1, 0.15) is 25.7 Å². The van der Waals surface area contributed by atoms with E-state index in [9.17, 15) is 9.59 Å². The molecule has 0 aromatic heterocycles. The third-order valence-electron chi connectivity index (χ3n) is 1.55. The molecule has 0 aromatic carbocycles. The second-order valence-corrected chi connectivity index (χ2v) is 8.77. The topological polar surface area (TPSA) is 43.4 Å². The van der Waals surface area contributed by atoms with Crippen LogP contribution in [0.5, 0.6) is 0 Å². The van der Waals surface area contributed by atoms with Gasteiger partial charge in [-0.15, -0.1) is 0 Å². The van der Waals surface area contributed by atoms with Crippen molar-refractivity contribution in [1.29, 1.82) is 0 Å². The normalized spacial score (nSPS) is 11.7. The van der Waals surface area contributed by atoms with Crippen molar-refractivity contribution in [2.75, 3.05) is 0 Å². The lowest BCUT2D eigenvalue weighted by atomic mass is 10.2. The summed E-state index contributed by atoms with van der Waals surface area (Å²) in [6, 6.07) is 0. The number of hydrogen-bond donors (Lipinski definition) is 0. The van der Waals surface area contributed by atoms with Crippen molar-refractivity contribution in [3.63, 3.8) is 0 Å². The quantitative estimate of drug-likeness (QED) is 0.291. The summed E-state index contributed by atoms with van der Waals surface area (Å²) in [4.78, 5) is 21.3. The Bertz CT molecular complexity index is 228. The van der Waals surface area contributed by atoms with E-state index in [1.807, 2.05) is 31.8 Å². The van der Waals surface area contributed by atoms with Crippen molar-refractivity contribution in [3.05, 3.63) is 12.2 Å². The van der Waals surface area contributed by atoms with Crippen molar-refractivity contribution in [2.45, 2.75) is 45.3 Å². The number of allylic oxidation sites excluding steroid dienone is 2. The van der Waals surface area contributed by atoms with Crippen LogP contribution in [0.2, 0.25) is 19.6 Å². The molecule has 0 rings (SSSR count). The molecule has 0 atom stereocenters. The lowest BCUT2D eigenvalue weighted by Crippen LogP contribution is -2.28. The van der Waals surface area contributed by atoms with E-state index in [0.29, 0.717) is 19.3 Å². The van der Waals surface area contributed by atoms with E-state index in [0.717, 1.165) is 12.7 Å². The van der Waals surface area contributed by atoms with Crippen molar-refractivity contribution < 1.29 is 14.0 Å². The Hall–Kier alpha value is -0.903. The molecular weight excluding hydrogens is 208 g/mol. The number of aldehydes is 1. The number of rotatable bonds is 7. The van der Waals surface area contributed by atoms with Crippen molar-refractivity contribution in [3.8, 4) is 0 Å². The second-order valence-electron chi connectivity index (χ2n) is 4.34. The zero-order valence-corrected chi connectivity index (χ0v) is 10.8.